The van der Waals surface area contributed by atoms with Crippen molar-refractivity contribution in [3.05, 3.63) is 66.2 Å². The fraction of sp³-hybridized carbons (Fsp3) is 0. The Bertz CT molecular complexity index is 794. The van der Waals surface area contributed by atoms with Gasteiger partial charge in [0.25, 0.3) is 5.91 Å². The highest BCUT2D eigenvalue weighted by Crippen LogP contribution is 2.35. The Balaban J connectivity index is 2.01. The second kappa shape index (κ2) is 5.42. The molecule has 4 heteroatoms. The molecule has 0 aliphatic carbocycles. The highest BCUT2D eigenvalue weighted by molar-refractivity contribution is 7.18. The van der Waals surface area contributed by atoms with Crippen molar-refractivity contribution < 1.29 is 4.79 Å². The van der Waals surface area contributed by atoms with Gasteiger partial charge >= 0.3 is 0 Å². The molecule has 0 saturated carbocycles. The van der Waals surface area contributed by atoms with Crippen LogP contribution < -0.4 is 11.5 Å². The Labute approximate surface area is 126 Å². The van der Waals surface area contributed by atoms with Crippen molar-refractivity contribution in [3.8, 4) is 20.9 Å². The van der Waals surface area contributed by atoms with Gasteiger partial charge in [-0.2, -0.15) is 0 Å². The molecule has 3 rings (SSSR count). The highest BCUT2D eigenvalue weighted by Gasteiger charge is 2.10. The Morgan fingerprint density at radius 2 is 1.52 bits per heavy atom. The van der Waals surface area contributed by atoms with E-state index >= 15 is 0 Å². The third kappa shape index (κ3) is 2.66. The molecular weight excluding hydrogens is 280 g/mol. The minimum Gasteiger partial charge on any atom is -0.398 e. The van der Waals surface area contributed by atoms with E-state index in [0.717, 1.165) is 10.4 Å². The van der Waals surface area contributed by atoms with E-state index in [2.05, 4.69) is 18.2 Å². The van der Waals surface area contributed by atoms with Gasteiger partial charge < -0.3 is 11.5 Å². The maximum Gasteiger partial charge on any atom is 0.250 e. The molecule has 2 aromatic carbocycles. The third-order valence-electron chi connectivity index (χ3n) is 3.27. The second-order valence-corrected chi connectivity index (χ2v) is 5.78. The van der Waals surface area contributed by atoms with Gasteiger partial charge in [0, 0.05) is 15.4 Å². The number of rotatable bonds is 3. The highest BCUT2D eigenvalue weighted by atomic mass is 32.1. The van der Waals surface area contributed by atoms with Crippen molar-refractivity contribution in [3.63, 3.8) is 0 Å². The Morgan fingerprint density at radius 3 is 2.19 bits per heavy atom. The summed E-state index contributed by atoms with van der Waals surface area (Å²) < 4.78 is 0. The van der Waals surface area contributed by atoms with Gasteiger partial charge in [-0.1, -0.05) is 36.4 Å². The number of nitrogen functional groups attached to an aromatic ring is 1. The van der Waals surface area contributed by atoms with Crippen LogP contribution >= 0.6 is 11.3 Å². The lowest BCUT2D eigenvalue weighted by atomic mass is 10.1. The van der Waals surface area contributed by atoms with Crippen molar-refractivity contribution in [2.24, 2.45) is 5.73 Å². The number of carbonyl (C=O) groups excluding carboxylic acids is 1. The largest absolute Gasteiger partial charge is 0.398 e. The van der Waals surface area contributed by atoms with E-state index in [4.69, 9.17) is 11.5 Å². The molecule has 1 heterocycles. The molecule has 0 aliphatic heterocycles. The minimum absolute atomic E-state index is 0.363. The normalized spacial score (nSPS) is 10.5. The SMILES string of the molecule is NC(=O)c1cc(-c2ccc(-c3ccccc3)s2)ccc1N. The van der Waals surface area contributed by atoms with E-state index in [9.17, 15) is 4.79 Å². The maximum atomic E-state index is 11.4. The number of carbonyl (C=O) groups is 1. The lowest BCUT2D eigenvalue weighted by Gasteiger charge is -2.04. The predicted octanol–water partition coefficient (Wildman–Crippen LogP) is 3.76. The molecule has 0 atom stereocenters. The molecule has 0 radical (unpaired) electrons. The Kier molecular flexibility index (Phi) is 3.46. The van der Waals surface area contributed by atoms with Crippen LogP contribution in [0.4, 0.5) is 5.69 Å². The summed E-state index contributed by atoms with van der Waals surface area (Å²) in [6.45, 7) is 0. The molecule has 3 aromatic rings. The number of thiophene rings is 1. The lowest BCUT2D eigenvalue weighted by molar-refractivity contribution is 0.100. The standard InChI is InChI=1S/C17H14N2OS/c18-14-7-6-12(10-13(14)17(19)20)16-9-8-15(21-16)11-4-2-1-3-5-11/h1-10H,18H2,(H2,19,20). The first-order chi connectivity index (χ1) is 10.1. The predicted molar refractivity (Wildman–Crippen MR) is 88.1 cm³/mol. The number of hydrogen-bond donors (Lipinski definition) is 2. The van der Waals surface area contributed by atoms with Gasteiger partial charge in [-0.25, -0.2) is 0 Å². The van der Waals surface area contributed by atoms with E-state index in [1.807, 2.05) is 30.3 Å². The van der Waals surface area contributed by atoms with Crippen LogP contribution in [-0.2, 0) is 0 Å². The number of nitrogens with two attached hydrogens (primary N) is 2. The number of hydrogen-bond acceptors (Lipinski definition) is 3. The van der Waals surface area contributed by atoms with Crippen LogP contribution in [0, 0.1) is 0 Å². The molecule has 0 fully saturated rings. The first-order valence-electron chi connectivity index (χ1n) is 6.50. The molecule has 0 bridgehead atoms. The molecule has 0 spiro atoms. The van der Waals surface area contributed by atoms with E-state index in [1.165, 1.54) is 10.4 Å². The van der Waals surface area contributed by atoms with Crippen molar-refractivity contribution in [2.45, 2.75) is 0 Å². The molecule has 4 N–H and O–H groups in total. The van der Waals surface area contributed by atoms with Crippen LogP contribution in [0.5, 0.6) is 0 Å². The van der Waals surface area contributed by atoms with Crippen LogP contribution in [0.15, 0.2) is 60.7 Å². The van der Waals surface area contributed by atoms with E-state index < -0.39 is 5.91 Å². The summed E-state index contributed by atoms with van der Waals surface area (Å²) in [5, 5.41) is 0. The molecule has 21 heavy (non-hydrogen) atoms. The fourth-order valence-electron chi connectivity index (χ4n) is 2.17. The van der Waals surface area contributed by atoms with Gasteiger partial charge in [-0.15, -0.1) is 11.3 Å². The average molecular weight is 294 g/mol. The van der Waals surface area contributed by atoms with Gasteiger partial charge in [0.15, 0.2) is 0 Å². The van der Waals surface area contributed by atoms with Crippen LogP contribution in [0.25, 0.3) is 20.9 Å². The number of amides is 1. The molecule has 104 valence electrons. The van der Waals surface area contributed by atoms with Crippen LogP contribution in [0.1, 0.15) is 10.4 Å². The Morgan fingerprint density at radius 1 is 0.857 bits per heavy atom. The van der Waals surface area contributed by atoms with Crippen molar-refractivity contribution in [1.29, 1.82) is 0 Å². The molecule has 3 nitrogen and oxygen atoms in total. The van der Waals surface area contributed by atoms with Crippen molar-refractivity contribution in [2.75, 3.05) is 5.73 Å². The van der Waals surface area contributed by atoms with Crippen molar-refractivity contribution >= 4 is 22.9 Å². The summed E-state index contributed by atoms with van der Waals surface area (Å²) in [5.74, 6) is -0.505. The summed E-state index contributed by atoms with van der Waals surface area (Å²) in [7, 11) is 0. The van der Waals surface area contributed by atoms with Gasteiger partial charge in [-0.3, -0.25) is 4.79 Å². The molecule has 0 unspecified atom stereocenters. The lowest BCUT2D eigenvalue weighted by Crippen LogP contribution is -2.13. The molecule has 0 saturated heterocycles. The zero-order valence-corrected chi connectivity index (χ0v) is 12.1. The second-order valence-electron chi connectivity index (χ2n) is 4.70. The van der Waals surface area contributed by atoms with Gasteiger partial charge in [0.05, 0.1) is 5.56 Å². The Hall–Kier alpha value is -2.59. The monoisotopic (exact) mass is 294 g/mol. The average Bonchev–Trinajstić information content (AvgIpc) is 2.98. The van der Waals surface area contributed by atoms with E-state index in [-0.39, 0.29) is 0 Å². The fourth-order valence-corrected chi connectivity index (χ4v) is 3.18. The molecule has 0 aliphatic rings. The zero-order valence-electron chi connectivity index (χ0n) is 11.2. The van der Waals surface area contributed by atoms with Gasteiger partial charge in [-0.05, 0) is 35.4 Å². The van der Waals surface area contributed by atoms with E-state index in [0.29, 0.717) is 11.3 Å². The third-order valence-corrected chi connectivity index (χ3v) is 4.45. The number of anilines is 1. The molecule has 1 amide bonds. The summed E-state index contributed by atoms with van der Waals surface area (Å²) in [4.78, 5) is 13.6. The summed E-state index contributed by atoms with van der Waals surface area (Å²) in [6.07, 6.45) is 0. The first-order valence-corrected chi connectivity index (χ1v) is 7.32. The number of primary amides is 1. The topological polar surface area (TPSA) is 69.1 Å². The summed E-state index contributed by atoms with van der Waals surface area (Å²) in [6, 6.07) is 19.7. The van der Waals surface area contributed by atoms with E-state index in [1.54, 1.807) is 23.5 Å². The zero-order chi connectivity index (χ0) is 14.8. The molecular formula is C17H14N2OS. The first kappa shape index (κ1) is 13.4. The number of benzene rings is 2. The molecule has 1 aromatic heterocycles. The maximum absolute atomic E-state index is 11.4. The van der Waals surface area contributed by atoms with Crippen LogP contribution in [0.2, 0.25) is 0 Å². The van der Waals surface area contributed by atoms with Gasteiger partial charge in [0.2, 0.25) is 0 Å². The van der Waals surface area contributed by atoms with Crippen LogP contribution in [0.3, 0.4) is 0 Å². The minimum atomic E-state index is -0.505. The van der Waals surface area contributed by atoms with Gasteiger partial charge in [0.1, 0.15) is 0 Å². The summed E-state index contributed by atoms with van der Waals surface area (Å²) in [5.41, 5.74) is 14.0. The van der Waals surface area contributed by atoms with Crippen LogP contribution in [-0.4, -0.2) is 5.91 Å². The summed E-state index contributed by atoms with van der Waals surface area (Å²) >= 11 is 1.67. The quantitative estimate of drug-likeness (QED) is 0.722. The smallest absolute Gasteiger partial charge is 0.250 e. The van der Waals surface area contributed by atoms with Crippen molar-refractivity contribution in [1.82, 2.24) is 0 Å².